The van der Waals surface area contributed by atoms with Crippen molar-refractivity contribution in [3.63, 3.8) is 0 Å². The fourth-order valence-electron chi connectivity index (χ4n) is 3.14. The number of hydrogen-bond donors (Lipinski definition) is 1. The van der Waals surface area contributed by atoms with Gasteiger partial charge in [-0.25, -0.2) is 0 Å². The van der Waals surface area contributed by atoms with E-state index in [1.165, 1.54) is 6.42 Å². The minimum Gasteiger partial charge on any atom is -0.484 e. The lowest BCUT2D eigenvalue weighted by atomic mass is 10.1. The van der Waals surface area contributed by atoms with Crippen LogP contribution >= 0.6 is 0 Å². The summed E-state index contributed by atoms with van der Waals surface area (Å²) in [6.07, 6.45) is 3.25. The van der Waals surface area contributed by atoms with Crippen LogP contribution < -0.4 is 10.1 Å². The molecular formula is C20H24N2O3. The quantitative estimate of drug-likeness (QED) is 0.910. The number of carbonyl (C=O) groups is 2. The smallest absolute Gasteiger partial charge is 0.258 e. The van der Waals surface area contributed by atoms with Crippen molar-refractivity contribution in [1.29, 1.82) is 0 Å². The first-order chi connectivity index (χ1) is 12.1. The molecule has 0 aromatic heterocycles. The van der Waals surface area contributed by atoms with Crippen molar-refractivity contribution in [1.82, 2.24) is 10.2 Å². The first-order valence-electron chi connectivity index (χ1n) is 8.83. The second-order valence-corrected chi connectivity index (χ2v) is 6.47. The van der Waals surface area contributed by atoms with Crippen molar-refractivity contribution in [2.75, 3.05) is 19.7 Å². The number of nitrogens with one attached hydrogen (secondary N) is 1. The average Bonchev–Trinajstić information content (AvgIpc) is 2.66. The van der Waals surface area contributed by atoms with Crippen molar-refractivity contribution in [2.45, 2.75) is 32.2 Å². The van der Waals surface area contributed by atoms with E-state index in [0.717, 1.165) is 36.7 Å². The van der Waals surface area contributed by atoms with Gasteiger partial charge in [-0.1, -0.05) is 30.3 Å². The lowest BCUT2D eigenvalue weighted by Gasteiger charge is -2.29. The number of piperidine rings is 1. The van der Waals surface area contributed by atoms with Gasteiger partial charge in [0.15, 0.2) is 6.61 Å². The van der Waals surface area contributed by atoms with Gasteiger partial charge in [-0.15, -0.1) is 0 Å². The third-order valence-corrected chi connectivity index (χ3v) is 4.51. The Morgan fingerprint density at radius 3 is 2.56 bits per heavy atom. The lowest BCUT2D eigenvalue weighted by molar-refractivity contribution is -0.137. The number of rotatable bonds is 5. The summed E-state index contributed by atoms with van der Waals surface area (Å²) in [6, 6.07) is 13.2. The molecule has 1 saturated heterocycles. The lowest BCUT2D eigenvalue weighted by Crippen LogP contribution is -2.49. The zero-order chi connectivity index (χ0) is 17.6. The predicted molar refractivity (Wildman–Crippen MR) is 97.5 cm³/mol. The molecular weight excluding hydrogens is 316 g/mol. The van der Waals surface area contributed by atoms with Gasteiger partial charge in [-0.3, -0.25) is 9.59 Å². The number of likely N-dealkylation sites (tertiary alicyclic amines) is 1. The van der Waals surface area contributed by atoms with E-state index in [1.807, 2.05) is 47.4 Å². The van der Waals surface area contributed by atoms with Crippen LogP contribution in [0, 0.1) is 0 Å². The number of fused-ring (bicyclic) bond motifs is 1. The largest absolute Gasteiger partial charge is 0.484 e. The Kier molecular flexibility index (Phi) is 5.53. The van der Waals surface area contributed by atoms with Gasteiger partial charge in [0.2, 0.25) is 5.91 Å². The Hall–Kier alpha value is -2.56. The van der Waals surface area contributed by atoms with E-state index in [-0.39, 0.29) is 18.4 Å². The maximum Gasteiger partial charge on any atom is 0.258 e. The normalized spacial score (nSPS) is 15.6. The molecule has 132 valence electrons. The summed E-state index contributed by atoms with van der Waals surface area (Å²) in [5, 5.41) is 4.92. The van der Waals surface area contributed by atoms with Crippen LogP contribution in [0.25, 0.3) is 10.8 Å². The van der Waals surface area contributed by atoms with Gasteiger partial charge in [0.1, 0.15) is 11.8 Å². The fourth-order valence-corrected chi connectivity index (χ4v) is 3.14. The van der Waals surface area contributed by atoms with Crippen molar-refractivity contribution < 1.29 is 14.3 Å². The molecule has 1 N–H and O–H groups in total. The zero-order valence-corrected chi connectivity index (χ0v) is 14.5. The molecule has 1 fully saturated rings. The average molecular weight is 340 g/mol. The minimum absolute atomic E-state index is 0.0150. The van der Waals surface area contributed by atoms with Crippen LogP contribution in [0.15, 0.2) is 42.5 Å². The van der Waals surface area contributed by atoms with E-state index in [4.69, 9.17) is 4.74 Å². The van der Waals surface area contributed by atoms with E-state index in [9.17, 15) is 9.59 Å². The molecule has 2 aromatic carbocycles. The standard InChI is InChI=1S/C20H24N2O3/c1-15(20(24)22-11-5-2-6-12-22)21-19(23)14-25-18-10-9-16-7-3-4-8-17(16)13-18/h3-4,7-10,13,15H,2,5-6,11-12,14H2,1H3,(H,21,23). The van der Waals surface area contributed by atoms with Crippen molar-refractivity contribution >= 4 is 22.6 Å². The molecule has 3 rings (SSSR count). The maximum absolute atomic E-state index is 12.3. The molecule has 5 heteroatoms. The molecule has 0 saturated carbocycles. The second kappa shape index (κ2) is 8.01. The molecule has 0 bridgehead atoms. The summed E-state index contributed by atoms with van der Waals surface area (Å²) in [5.41, 5.74) is 0. The topological polar surface area (TPSA) is 58.6 Å². The Bertz CT molecular complexity index is 753. The van der Waals surface area contributed by atoms with Gasteiger partial charge in [0.05, 0.1) is 0 Å². The van der Waals surface area contributed by atoms with Gasteiger partial charge >= 0.3 is 0 Å². The van der Waals surface area contributed by atoms with E-state index in [0.29, 0.717) is 5.75 Å². The molecule has 1 heterocycles. The maximum atomic E-state index is 12.3. The fraction of sp³-hybridized carbons (Fsp3) is 0.400. The van der Waals surface area contributed by atoms with Gasteiger partial charge in [-0.05, 0) is 49.1 Å². The van der Waals surface area contributed by atoms with Gasteiger partial charge in [-0.2, -0.15) is 0 Å². The Balaban J connectivity index is 1.50. The zero-order valence-electron chi connectivity index (χ0n) is 14.5. The SMILES string of the molecule is CC(NC(=O)COc1ccc2ccccc2c1)C(=O)N1CCCCC1. The summed E-state index contributed by atoms with van der Waals surface area (Å²) in [6.45, 7) is 3.19. The molecule has 25 heavy (non-hydrogen) atoms. The van der Waals surface area contributed by atoms with Crippen LogP contribution in [0.3, 0.4) is 0 Å². The van der Waals surface area contributed by atoms with Crippen LogP contribution in [-0.2, 0) is 9.59 Å². The third kappa shape index (κ3) is 4.50. The summed E-state index contributed by atoms with van der Waals surface area (Å²) >= 11 is 0. The van der Waals surface area contributed by atoms with Gasteiger partial charge < -0.3 is 15.0 Å². The van der Waals surface area contributed by atoms with Crippen LogP contribution in [-0.4, -0.2) is 42.5 Å². The summed E-state index contributed by atoms with van der Waals surface area (Å²) in [7, 11) is 0. The summed E-state index contributed by atoms with van der Waals surface area (Å²) in [4.78, 5) is 26.2. The van der Waals surface area contributed by atoms with E-state index in [1.54, 1.807) is 6.92 Å². The van der Waals surface area contributed by atoms with E-state index < -0.39 is 6.04 Å². The second-order valence-electron chi connectivity index (χ2n) is 6.47. The van der Waals surface area contributed by atoms with E-state index in [2.05, 4.69) is 5.32 Å². The monoisotopic (exact) mass is 340 g/mol. The summed E-state index contributed by atoms with van der Waals surface area (Å²) < 4.78 is 5.57. The van der Waals surface area contributed by atoms with Gasteiger partial charge in [0, 0.05) is 13.1 Å². The molecule has 5 nitrogen and oxygen atoms in total. The van der Waals surface area contributed by atoms with Crippen LogP contribution in [0.5, 0.6) is 5.75 Å². The molecule has 1 aliphatic heterocycles. The highest BCUT2D eigenvalue weighted by atomic mass is 16.5. The molecule has 1 atom stereocenters. The first-order valence-corrected chi connectivity index (χ1v) is 8.83. The number of carbonyl (C=O) groups excluding carboxylic acids is 2. The Morgan fingerprint density at radius 1 is 1.08 bits per heavy atom. The molecule has 0 spiro atoms. The number of benzene rings is 2. The number of ether oxygens (including phenoxy) is 1. The predicted octanol–water partition coefficient (Wildman–Crippen LogP) is 2.74. The molecule has 1 aliphatic rings. The van der Waals surface area contributed by atoms with Crippen molar-refractivity contribution in [2.24, 2.45) is 0 Å². The Morgan fingerprint density at radius 2 is 1.80 bits per heavy atom. The minimum atomic E-state index is -0.522. The van der Waals surface area contributed by atoms with Crippen molar-refractivity contribution in [3.8, 4) is 5.75 Å². The highest BCUT2D eigenvalue weighted by Gasteiger charge is 2.23. The van der Waals surface area contributed by atoms with E-state index >= 15 is 0 Å². The molecule has 0 aliphatic carbocycles. The number of nitrogens with zero attached hydrogens (tertiary/aromatic N) is 1. The first kappa shape index (κ1) is 17.3. The highest BCUT2D eigenvalue weighted by molar-refractivity contribution is 5.88. The van der Waals surface area contributed by atoms with Crippen LogP contribution in [0.4, 0.5) is 0 Å². The number of hydrogen-bond acceptors (Lipinski definition) is 3. The third-order valence-electron chi connectivity index (χ3n) is 4.51. The van der Waals surface area contributed by atoms with Crippen LogP contribution in [0.1, 0.15) is 26.2 Å². The molecule has 1 unspecified atom stereocenters. The highest BCUT2D eigenvalue weighted by Crippen LogP contribution is 2.20. The summed E-state index contributed by atoms with van der Waals surface area (Å²) in [5.74, 6) is 0.341. The Labute approximate surface area is 148 Å². The number of amides is 2. The molecule has 0 radical (unpaired) electrons. The van der Waals surface area contributed by atoms with Crippen molar-refractivity contribution in [3.05, 3.63) is 42.5 Å². The molecule has 2 aromatic rings. The van der Waals surface area contributed by atoms with Gasteiger partial charge in [0.25, 0.3) is 5.91 Å². The molecule has 2 amide bonds. The van der Waals surface area contributed by atoms with Crippen LogP contribution in [0.2, 0.25) is 0 Å².